The van der Waals surface area contributed by atoms with Gasteiger partial charge in [-0.3, -0.25) is 9.59 Å². The molecule has 0 spiro atoms. The summed E-state index contributed by atoms with van der Waals surface area (Å²) in [4.78, 5) is 25.7. The Morgan fingerprint density at radius 1 is 0.478 bits per heavy atom. The van der Waals surface area contributed by atoms with Gasteiger partial charge < -0.3 is 64.2 Å². The smallest absolute Gasteiger partial charge is 0.306 e. The minimum Gasteiger partial charge on any atom is -0.462 e. The lowest BCUT2D eigenvalue weighted by Crippen LogP contribution is -2.61. The van der Waals surface area contributed by atoms with Gasteiger partial charge in [-0.25, -0.2) is 0 Å². The topological polar surface area (TPSA) is 231 Å². The van der Waals surface area contributed by atoms with Crippen LogP contribution in [0.3, 0.4) is 0 Å². The van der Waals surface area contributed by atoms with Gasteiger partial charge in [0, 0.05) is 12.8 Å². The molecule has 11 atom stereocenters. The van der Waals surface area contributed by atoms with Crippen molar-refractivity contribution >= 4 is 11.9 Å². The second-order valence-corrected chi connectivity index (χ2v) is 18.3. The highest BCUT2D eigenvalue weighted by Gasteiger charge is 2.47. The average molecular weight is 957 g/mol. The molecule has 2 aliphatic rings. The molecule has 7 N–H and O–H groups in total. The SMILES string of the molecule is CCCCCCC/C=C/CCCCCCCC(=O)O[C@@H](COC(=O)CCC/C=C/C/C=C/CCCCCCCCCCC)CO[C@@H]1O[C@H](CO[C@@H]2O[C@H](CO)[C@H](O)C(O)C2O)[C@H](O)C(O)C1O. The Balaban J connectivity index is 1.83. The van der Waals surface area contributed by atoms with Crippen LogP contribution >= 0.6 is 0 Å². The molecule has 2 heterocycles. The number of esters is 2. The molecule has 0 saturated carbocycles. The van der Waals surface area contributed by atoms with Crippen molar-refractivity contribution in [2.75, 3.05) is 26.4 Å². The first-order valence-corrected chi connectivity index (χ1v) is 26.1. The second kappa shape index (κ2) is 39.4. The van der Waals surface area contributed by atoms with E-state index in [9.17, 15) is 45.3 Å². The maximum atomic E-state index is 13.0. The van der Waals surface area contributed by atoms with Gasteiger partial charge in [0.05, 0.1) is 19.8 Å². The van der Waals surface area contributed by atoms with Gasteiger partial charge >= 0.3 is 11.9 Å². The predicted octanol–water partition coefficient (Wildman–Crippen LogP) is 7.32. The lowest BCUT2D eigenvalue weighted by molar-refractivity contribution is -0.332. The zero-order chi connectivity index (χ0) is 48.9. The third kappa shape index (κ3) is 27.6. The van der Waals surface area contributed by atoms with Crippen molar-refractivity contribution in [2.24, 2.45) is 0 Å². The third-order valence-corrected chi connectivity index (χ3v) is 12.3. The van der Waals surface area contributed by atoms with E-state index in [2.05, 4.69) is 44.2 Å². The van der Waals surface area contributed by atoms with Gasteiger partial charge in [0.1, 0.15) is 55.4 Å². The van der Waals surface area contributed by atoms with E-state index in [0.29, 0.717) is 19.3 Å². The van der Waals surface area contributed by atoms with Gasteiger partial charge in [-0.15, -0.1) is 0 Å². The number of allylic oxidation sites excluding steroid dienone is 6. The summed E-state index contributed by atoms with van der Waals surface area (Å²) in [5.41, 5.74) is 0. The summed E-state index contributed by atoms with van der Waals surface area (Å²) >= 11 is 0. The van der Waals surface area contributed by atoms with E-state index < -0.39 is 99.3 Å². The molecule has 0 amide bonds. The Bertz CT molecular complexity index is 1310. The number of aliphatic hydroxyl groups excluding tert-OH is 7. The Morgan fingerprint density at radius 2 is 0.910 bits per heavy atom. The Labute approximate surface area is 402 Å². The minimum absolute atomic E-state index is 0.147. The van der Waals surface area contributed by atoms with Crippen LogP contribution in [0.5, 0.6) is 0 Å². The van der Waals surface area contributed by atoms with Crippen molar-refractivity contribution in [1.82, 2.24) is 0 Å². The van der Waals surface area contributed by atoms with Crippen molar-refractivity contribution in [3.63, 3.8) is 0 Å². The normalized spacial score (nSPS) is 26.2. The van der Waals surface area contributed by atoms with Gasteiger partial charge in [-0.05, 0) is 64.2 Å². The molecule has 0 aromatic heterocycles. The van der Waals surface area contributed by atoms with Gasteiger partial charge in [-0.2, -0.15) is 0 Å². The molecule has 15 nitrogen and oxygen atoms in total. The summed E-state index contributed by atoms with van der Waals surface area (Å²) in [7, 11) is 0. The highest BCUT2D eigenvalue weighted by molar-refractivity contribution is 5.70. The fraction of sp³-hybridized carbons (Fsp3) is 0.846. The van der Waals surface area contributed by atoms with Crippen LogP contribution in [-0.4, -0.2) is 142 Å². The lowest BCUT2D eigenvalue weighted by Gasteiger charge is -2.42. The fourth-order valence-corrected chi connectivity index (χ4v) is 8.02. The van der Waals surface area contributed by atoms with Crippen LogP contribution in [0, 0.1) is 0 Å². The molecule has 0 aromatic carbocycles. The number of carbonyl (C=O) groups is 2. The second-order valence-electron chi connectivity index (χ2n) is 18.3. The zero-order valence-corrected chi connectivity index (χ0v) is 41.1. The molecular weight excluding hydrogens is 865 g/mol. The van der Waals surface area contributed by atoms with E-state index in [0.717, 1.165) is 51.4 Å². The maximum absolute atomic E-state index is 13.0. The van der Waals surface area contributed by atoms with Crippen LogP contribution in [0.1, 0.15) is 187 Å². The highest BCUT2D eigenvalue weighted by Crippen LogP contribution is 2.26. The average Bonchev–Trinajstić information content (AvgIpc) is 3.32. The quantitative estimate of drug-likeness (QED) is 0.0181. The van der Waals surface area contributed by atoms with E-state index in [-0.39, 0.29) is 19.4 Å². The van der Waals surface area contributed by atoms with Crippen molar-refractivity contribution in [3.05, 3.63) is 36.5 Å². The molecule has 0 radical (unpaired) electrons. The van der Waals surface area contributed by atoms with Crippen molar-refractivity contribution in [1.29, 1.82) is 0 Å². The minimum atomic E-state index is -1.77. The number of hydrogen-bond acceptors (Lipinski definition) is 15. The van der Waals surface area contributed by atoms with E-state index in [1.54, 1.807) is 0 Å². The van der Waals surface area contributed by atoms with Crippen LogP contribution in [0.2, 0.25) is 0 Å². The molecule has 15 heteroatoms. The van der Waals surface area contributed by atoms with Crippen LogP contribution < -0.4 is 0 Å². The summed E-state index contributed by atoms with van der Waals surface area (Å²) in [5, 5.41) is 72.0. The predicted molar refractivity (Wildman–Crippen MR) is 257 cm³/mol. The molecule has 2 fully saturated rings. The highest BCUT2D eigenvalue weighted by atomic mass is 16.7. The summed E-state index contributed by atoms with van der Waals surface area (Å²) < 4.78 is 33.5. The largest absolute Gasteiger partial charge is 0.462 e. The molecular formula is C52H92O15. The molecule has 4 unspecified atom stereocenters. The van der Waals surface area contributed by atoms with Crippen molar-refractivity contribution < 1.29 is 73.8 Å². The number of hydrogen-bond donors (Lipinski definition) is 7. The standard InChI is InChI=1S/C52H92O15/c1-3-5-7-9-11-13-15-17-19-20-21-23-24-26-28-30-32-34-43(54)62-37-40(65-44(55)35-33-31-29-27-25-22-18-16-14-12-10-8-6-4-2)38-63-51-50(61)48(59)46(57)42(67-51)39-64-52-49(60)47(58)45(56)41(36-53)66-52/h16,18,21,23,26,28,40-42,45-53,56-61H,3-15,17,19-20,22,24-25,27,29-39H2,1-2H3/b18-16+,23-21+,28-26+/t40-,41+,42+,45-,46-,47?,48?,49?,50?,51+,52+/m0/s1. The summed E-state index contributed by atoms with van der Waals surface area (Å²) in [6.07, 6.45) is 24.7. The lowest BCUT2D eigenvalue weighted by atomic mass is 9.98. The van der Waals surface area contributed by atoms with Gasteiger partial charge in [0.2, 0.25) is 0 Å². The van der Waals surface area contributed by atoms with Crippen LogP contribution in [0.15, 0.2) is 36.5 Å². The fourth-order valence-electron chi connectivity index (χ4n) is 8.02. The summed E-state index contributed by atoms with van der Waals surface area (Å²) in [5.74, 6) is -0.986. The van der Waals surface area contributed by atoms with Crippen molar-refractivity contribution in [2.45, 2.75) is 255 Å². The van der Waals surface area contributed by atoms with Crippen molar-refractivity contribution in [3.8, 4) is 0 Å². The van der Waals surface area contributed by atoms with Gasteiger partial charge in [0.25, 0.3) is 0 Å². The molecule has 0 bridgehead atoms. The monoisotopic (exact) mass is 957 g/mol. The Hall–Kier alpha value is -2.28. The number of ether oxygens (including phenoxy) is 6. The number of rotatable bonds is 40. The van der Waals surface area contributed by atoms with E-state index in [1.807, 2.05) is 6.08 Å². The molecule has 0 aliphatic carbocycles. The molecule has 2 aliphatic heterocycles. The molecule has 67 heavy (non-hydrogen) atoms. The summed E-state index contributed by atoms with van der Waals surface area (Å²) in [6.45, 7) is 2.53. The first-order chi connectivity index (χ1) is 32.5. The molecule has 390 valence electrons. The van der Waals surface area contributed by atoms with Crippen LogP contribution in [0.25, 0.3) is 0 Å². The first kappa shape index (κ1) is 60.8. The van der Waals surface area contributed by atoms with E-state index in [4.69, 9.17) is 28.4 Å². The van der Waals surface area contributed by atoms with E-state index >= 15 is 0 Å². The van der Waals surface area contributed by atoms with Crippen LogP contribution in [-0.2, 0) is 38.0 Å². The molecule has 0 aromatic rings. The number of aliphatic hydroxyl groups is 7. The first-order valence-electron chi connectivity index (χ1n) is 26.1. The summed E-state index contributed by atoms with van der Waals surface area (Å²) in [6, 6.07) is 0. The zero-order valence-electron chi connectivity index (χ0n) is 41.1. The molecule has 2 saturated heterocycles. The third-order valence-electron chi connectivity index (χ3n) is 12.3. The Morgan fingerprint density at radius 3 is 1.45 bits per heavy atom. The molecule has 2 rings (SSSR count). The van der Waals surface area contributed by atoms with Gasteiger partial charge in [0.15, 0.2) is 18.7 Å². The van der Waals surface area contributed by atoms with Gasteiger partial charge in [-0.1, -0.05) is 147 Å². The Kier molecular flexibility index (Phi) is 35.8. The number of unbranched alkanes of at least 4 members (excludes halogenated alkanes) is 20. The van der Waals surface area contributed by atoms with Crippen LogP contribution in [0.4, 0.5) is 0 Å². The van der Waals surface area contributed by atoms with E-state index in [1.165, 1.54) is 89.9 Å². The number of carbonyl (C=O) groups excluding carboxylic acids is 2. The maximum Gasteiger partial charge on any atom is 0.306 e.